The van der Waals surface area contributed by atoms with E-state index < -0.39 is 0 Å². The van der Waals surface area contributed by atoms with Gasteiger partial charge in [0.05, 0.1) is 0 Å². The molecular weight excluding hydrogens is 281 g/mol. The Bertz CT molecular complexity index is 732. The maximum Gasteiger partial charge on any atom is 0.194 e. The lowest BCUT2D eigenvalue weighted by molar-refractivity contribution is 0.131. The van der Waals surface area contributed by atoms with Crippen LogP contribution in [0.3, 0.4) is 0 Å². The monoisotopic (exact) mass is 303 g/mol. The molecule has 1 aliphatic heterocycles. The molecule has 2 heterocycles. The average molecular weight is 303 g/mol. The summed E-state index contributed by atoms with van der Waals surface area (Å²) >= 11 is 0. The van der Waals surface area contributed by atoms with E-state index in [4.69, 9.17) is 0 Å². The van der Waals surface area contributed by atoms with Crippen molar-refractivity contribution in [3.8, 4) is 0 Å². The number of aryl methyl sites for hydroxylation is 1. The van der Waals surface area contributed by atoms with Crippen LogP contribution >= 0.6 is 0 Å². The number of aromatic nitrogens is 1. The summed E-state index contributed by atoms with van der Waals surface area (Å²) in [5.74, 6) is -0.371. The summed E-state index contributed by atoms with van der Waals surface area (Å²) in [6, 6.07) is 4.33. The van der Waals surface area contributed by atoms with Crippen LogP contribution in [0.4, 0.5) is 4.39 Å². The summed E-state index contributed by atoms with van der Waals surface area (Å²) in [5.41, 5.74) is 2.28. The van der Waals surface area contributed by atoms with Crippen molar-refractivity contribution in [2.45, 2.75) is 20.4 Å². The molecule has 0 saturated carbocycles. The van der Waals surface area contributed by atoms with Gasteiger partial charge in [-0.15, -0.1) is 0 Å². The van der Waals surface area contributed by atoms with Gasteiger partial charge in [0.2, 0.25) is 0 Å². The Morgan fingerprint density at radius 1 is 1.18 bits per heavy atom. The zero-order valence-corrected chi connectivity index (χ0v) is 13.2. The first-order chi connectivity index (χ1) is 10.6. The Hall–Kier alpha value is -1.72. The van der Waals surface area contributed by atoms with Gasteiger partial charge < -0.3 is 9.88 Å². The number of likely N-dealkylation sites (N-methyl/N-ethyl adjacent to an activating group) is 1. The van der Waals surface area contributed by atoms with E-state index in [1.807, 2.05) is 6.92 Å². The lowest BCUT2D eigenvalue weighted by Crippen LogP contribution is -2.46. The number of benzene rings is 1. The zero-order chi connectivity index (χ0) is 15.7. The molecule has 0 atom stereocenters. The van der Waals surface area contributed by atoms with Crippen LogP contribution < -0.4 is 5.43 Å². The van der Waals surface area contributed by atoms with E-state index >= 15 is 0 Å². The molecule has 1 aromatic heterocycles. The van der Waals surface area contributed by atoms with Gasteiger partial charge in [0.25, 0.3) is 0 Å². The van der Waals surface area contributed by atoms with Gasteiger partial charge >= 0.3 is 0 Å². The molecule has 3 rings (SSSR count). The molecule has 1 aromatic carbocycles. The number of hydrogen-bond donors (Lipinski definition) is 1. The minimum absolute atomic E-state index is 0.0522. The Morgan fingerprint density at radius 3 is 2.55 bits per heavy atom. The van der Waals surface area contributed by atoms with Crippen LogP contribution in [-0.4, -0.2) is 47.5 Å². The first-order valence-electron chi connectivity index (χ1n) is 7.84. The third-order valence-corrected chi connectivity index (χ3v) is 4.57. The van der Waals surface area contributed by atoms with Crippen molar-refractivity contribution in [1.29, 1.82) is 0 Å². The number of aromatic amines is 1. The maximum atomic E-state index is 13.4. The third-order valence-electron chi connectivity index (χ3n) is 4.57. The highest BCUT2D eigenvalue weighted by Gasteiger charge is 2.18. The lowest BCUT2D eigenvalue weighted by Gasteiger charge is -2.34. The van der Waals surface area contributed by atoms with Gasteiger partial charge in [0.15, 0.2) is 5.43 Å². The summed E-state index contributed by atoms with van der Waals surface area (Å²) in [7, 11) is 0. The van der Waals surface area contributed by atoms with Crippen molar-refractivity contribution < 1.29 is 4.39 Å². The van der Waals surface area contributed by atoms with E-state index in [-0.39, 0.29) is 11.2 Å². The highest BCUT2D eigenvalue weighted by Crippen LogP contribution is 2.15. The van der Waals surface area contributed by atoms with Crippen molar-refractivity contribution in [1.82, 2.24) is 14.8 Å². The molecule has 5 heteroatoms. The van der Waals surface area contributed by atoms with Crippen LogP contribution in [-0.2, 0) is 6.54 Å². The Balaban J connectivity index is 1.89. The molecule has 0 aliphatic carbocycles. The molecule has 0 amide bonds. The van der Waals surface area contributed by atoms with Gasteiger partial charge in [0, 0.05) is 54.9 Å². The Labute approximate surface area is 129 Å². The number of fused-ring (bicyclic) bond motifs is 1. The molecule has 0 spiro atoms. The third kappa shape index (κ3) is 2.91. The average Bonchev–Trinajstić information content (AvgIpc) is 2.53. The lowest BCUT2D eigenvalue weighted by atomic mass is 10.1. The first kappa shape index (κ1) is 15.2. The number of hydrogen-bond acceptors (Lipinski definition) is 3. The number of rotatable bonds is 3. The second-order valence-electron chi connectivity index (χ2n) is 5.96. The van der Waals surface area contributed by atoms with Crippen LogP contribution in [0.1, 0.15) is 18.2 Å². The van der Waals surface area contributed by atoms with Crippen LogP contribution in [0.25, 0.3) is 10.9 Å². The van der Waals surface area contributed by atoms with Gasteiger partial charge in [-0.25, -0.2) is 4.39 Å². The van der Waals surface area contributed by atoms with Crippen molar-refractivity contribution >= 4 is 10.9 Å². The standard InChI is InChI=1S/C17H22FN3O/c1-3-20-6-8-21(9-7-20)11-15-12(2)19-16-5-4-13(18)10-14(16)17(15)22/h4-5,10H,3,6-9,11H2,1-2H3,(H,19,22). The van der Waals surface area contributed by atoms with Crippen LogP contribution in [0, 0.1) is 12.7 Å². The Kier molecular flexibility index (Phi) is 4.27. The van der Waals surface area contributed by atoms with Crippen molar-refractivity contribution in [3.05, 3.63) is 45.5 Å². The van der Waals surface area contributed by atoms with E-state index in [1.54, 1.807) is 6.07 Å². The second-order valence-corrected chi connectivity index (χ2v) is 5.96. The van der Waals surface area contributed by atoms with E-state index in [1.165, 1.54) is 12.1 Å². The van der Waals surface area contributed by atoms with E-state index in [2.05, 4.69) is 21.7 Å². The molecule has 0 radical (unpaired) electrons. The molecule has 1 aliphatic rings. The number of H-pyrrole nitrogens is 1. The van der Waals surface area contributed by atoms with E-state index in [0.717, 1.165) is 44.0 Å². The number of halogens is 1. The molecule has 2 aromatic rings. The number of pyridine rings is 1. The Morgan fingerprint density at radius 2 is 1.86 bits per heavy atom. The van der Waals surface area contributed by atoms with Crippen molar-refractivity contribution in [2.75, 3.05) is 32.7 Å². The van der Waals surface area contributed by atoms with Crippen molar-refractivity contribution in [3.63, 3.8) is 0 Å². The molecule has 1 saturated heterocycles. The molecule has 4 nitrogen and oxygen atoms in total. The minimum atomic E-state index is -0.371. The predicted molar refractivity (Wildman–Crippen MR) is 86.7 cm³/mol. The molecule has 118 valence electrons. The topological polar surface area (TPSA) is 39.3 Å². The highest BCUT2D eigenvalue weighted by molar-refractivity contribution is 5.79. The minimum Gasteiger partial charge on any atom is -0.358 e. The SMILES string of the molecule is CCN1CCN(Cc2c(C)[nH]c3ccc(F)cc3c2=O)CC1. The normalized spacial score (nSPS) is 17.2. The van der Waals surface area contributed by atoms with Gasteiger partial charge in [-0.3, -0.25) is 9.69 Å². The second kappa shape index (κ2) is 6.18. The summed E-state index contributed by atoms with van der Waals surface area (Å²) in [5, 5.41) is 0.438. The van der Waals surface area contributed by atoms with Crippen LogP contribution in [0.2, 0.25) is 0 Å². The van der Waals surface area contributed by atoms with E-state index in [0.29, 0.717) is 17.4 Å². The summed E-state index contributed by atoms with van der Waals surface area (Å²) in [6.45, 7) is 9.80. The highest BCUT2D eigenvalue weighted by atomic mass is 19.1. The fraction of sp³-hybridized carbons (Fsp3) is 0.471. The van der Waals surface area contributed by atoms with Crippen molar-refractivity contribution in [2.24, 2.45) is 0 Å². The van der Waals surface area contributed by atoms with Gasteiger partial charge in [-0.05, 0) is 31.7 Å². The molecule has 1 fully saturated rings. The fourth-order valence-corrected chi connectivity index (χ4v) is 3.10. The molecule has 0 unspecified atom stereocenters. The number of nitrogens with one attached hydrogen (secondary N) is 1. The number of piperazine rings is 1. The summed E-state index contributed by atoms with van der Waals surface area (Å²) in [6.07, 6.45) is 0. The largest absolute Gasteiger partial charge is 0.358 e. The van der Waals surface area contributed by atoms with E-state index in [9.17, 15) is 9.18 Å². The first-order valence-corrected chi connectivity index (χ1v) is 7.84. The fourth-order valence-electron chi connectivity index (χ4n) is 3.10. The van der Waals surface area contributed by atoms with Gasteiger partial charge in [-0.2, -0.15) is 0 Å². The van der Waals surface area contributed by atoms with Gasteiger partial charge in [-0.1, -0.05) is 6.92 Å². The number of nitrogens with zero attached hydrogens (tertiary/aromatic N) is 2. The van der Waals surface area contributed by atoms with Gasteiger partial charge in [0.1, 0.15) is 5.82 Å². The quantitative estimate of drug-likeness (QED) is 0.944. The summed E-state index contributed by atoms with van der Waals surface area (Å²) in [4.78, 5) is 20.6. The zero-order valence-electron chi connectivity index (χ0n) is 13.2. The summed E-state index contributed by atoms with van der Waals surface area (Å²) < 4.78 is 13.4. The maximum absolute atomic E-state index is 13.4. The smallest absolute Gasteiger partial charge is 0.194 e. The molecule has 1 N–H and O–H groups in total. The molecular formula is C17H22FN3O. The van der Waals surface area contributed by atoms with Crippen LogP contribution in [0.5, 0.6) is 0 Å². The molecule has 22 heavy (non-hydrogen) atoms. The predicted octanol–water partition coefficient (Wildman–Crippen LogP) is 2.11. The molecule has 0 bridgehead atoms. The van der Waals surface area contributed by atoms with Crippen LogP contribution in [0.15, 0.2) is 23.0 Å².